The van der Waals surface area contributed by atoms with Crippen molar-refractivity contribution in [2.45, 2.75) is 44.4 Å². The van der Waals surface area contributed by atoms with Crippen LogP contribution >= 0.6 is 0 Å². The maximum atomic E-state index is 10.5. The number of aliphatic hydroxyl groups excluding tert-OH is 1. The summed E-state index contributed by atoms with van der Waals surface area (Å²) < 4.78 is 0. The summed E-state index contributed by atoms with van der Waals surface area (Å²) in [6, 6.07) is 6.66. The average Bonchev–Trinajstić information content (AvgIpc) is 2.38. The predicted octanol–water partition coefficient (Wildman–Crippen LogP) is 1.99. The molecular formula is C13H18N2O3. The number of rotatable bonds is 4. The zero-order chi connectivity index (χ0) is 13.0. The molecule has 1 aromatic rings. The van der Waals surface area contributed by atoms with Crippen molar-refractivity contribution in [2.75, 3.05) is 0 Å². The highest BCUT2D eigenvalue weighted by Gasteiger charge is 2.22. The van der Waals surface area contributed by atoms with Gasteiger partial charge in [-0.25, -0.2) is 0 Å². The highest BCUT2D eigenvalue weighted by Crippen LogP contribution is 2.19. The number of benzene rings is 1. The van der Waals surface area contributed by atoms with Gasteiger partial charge in [-0.2, -0.15) is 0 Å². The van der Waals surface area contributed by atoms with Crippen molar-refractivity contribution in [3.05, 3.63) is 39.9 Å². The number of non-ortho nitro benzene ring substituents is 1. The third kappa shape index (κ3) is 3.27. The van der Waals surface area contributed by atoms with Crippen LogP contribution in [-0.4, -0.2) is 22.2 Å². The van der Waals surface area contributed by atoms with Gasteiger partial charge in [-0.1, -0.05) is 25.0 Å². The van der Waals surface area contributed by atoms with Crippen molar-refractivity contribution in [3.63, 3.8) is 0 Å². The molecule has 0 aliphatic heterocycles. The lowest BCUT2D eigenvalue weighted by Gasteiger charge is -2.28. The van der Waals surface area contributed by atoms with Crippen molar-refractivity contribution >= 4 is 5.69 Å². The average molecular weight is 250 g/mol. The molecule has 2 atom stereocenters. The largest absolute Gasteiger partial charge is 0.392 e. The van der Waals surface area contributed by atoms with Crippen molar-refractivity contribution in [2.24, 2.45) is 0 Å². The van der Waals surface area contributed by atoms with Crippen molar-refractivity contribution in [1.29, 1.82) is 0 Å². The van der Waals surface area contributed by atoms with Gasteiger partial charge in [0.15, 0.2) is 0 Å². The third-order valence-corrected chi connectivity index (χ3v) is 3.45. The van der Waals surface area contributed by atoms with E-state index < -0.39 is 4.92 Å². The number of nitrogens with one attached hydrogen (secondary N) is 1. The number of hydrogen-bond donors (Lipinski definition) is 2. The van der Waals surface area contributed by atoms with E-state index >= 15 is 0 Å². The molecule has 1 fully saturated rings. The molecule has 0 aromatic heterocycles. The van der Waals surface area contributed by atoms with E-state index in [0.717, 1.165) is 31.2 Å². The molecule has 5 nitrogen and oxygen atoms in total. The molecule has 1 saturated carbocycles. The van der Waals surface area contributed by atoms with Crippen molar-refractivity contribution in [1.82, 2.24) is 5.32 Å². The number of nitrogens with zero attached hydrogens (tertiary/aromatic N) is 1. The quantitative estimate of drug-likeness (QED) is 0.633. The third-order valence-electron chi connectivity index (χ3n) is 3.45. The number of nitro benzene ring substituents is 1. The first kappa shape index (κ1) is 13.0. The molecule has 2 rings (SSSR count). The van der Waals surface area contributed by atoms with E-state index in [9.17, 15) is 15.2 Å². The Morgan fingerprint density at radius 1 is 1.28 bits per heavy atom. The molecule has 1 aromatic carbocycles. The molecule has 5 heteroatoms. The molecule has 98 valence electrons. The molecule has 1 aliphatic rings. The first-order valence-electron chi connectivity index (χ1n) is 6.31. The summed E-state index contributed by atoms with van der Waals surface area (Å²) in [5.41, 5.74) is 1.11. The summed E-state index contributed by atoms with van der Waals surface area (Å²) in [4.78, 5) is 10.1. The fraction of sp³-hybridized carbons (Fsp3) is 0.538. The van der Waals surface area contributed by atoms with Gasteiger partial charge in [0.2, 0.25) is 0 Å². The van der Waals surface area contributed by atoms with E-state index in [1.165, 1.54) is 12.1 Å². The molecule has 0 amide bonds. The number of nitro groups is 1. The second kappa shape index (κ2) is 5.93. The summed E-state index contributed by atoms with van der Waals surface area (Å²) in [6.07, 6.45) is 3.83. The minimum absolute atomic E-state index is 0.108. The minimum atomic E-state index is -0.401. The van der Waals surface area contributed by atoms with Gasteiger partial charge in [0.1, 0.15) is 0 Å². The molecule has 0 spiro atoms. The summed E-state index contributed by atoms with van der Waals surface area (Å²) in [7, 11) is 0. The van der Waals surface area contributed by atoms with Crippen LogP contribution < -0.4 is 5.32 Å². The van der Waals surface area contributed by atoms with Gasteiger partial charge in [0, 0.05) is 24.7 Å². The standard InChI is InChI=1S/C13H18N2O3/c16-13-4-2-1-3-12(13)14-9-10-5-7-11(8-6-10)15(17)18/h5-8,12-14,16H,1-4,9H2. The first-order valence-corrected chi connectivity index (χ1v) is 6.31. The molecule has 2 unspecified atom stereocenters. The summed E-state index contributed by atoms with van der Waals surface area (Å²) in [6.45, 7) is 0.639. The van der Waals surface area contributed by atoms with E-state index in [1.807, 2.05) is 0 Å². The normalized spacial score (nSPS) is 23.8. The topological polar surface area (TPSA) is 75.4 Å². The highest BCUT2D eigenvalue weighted by atomic mass is 16.6. The van der Waals surface area contributed by atoms with Crippen LogP contribution in [0.3, 0.4) is 0 Å². The fourth-order valence-corrected chi connectivity index (χ4v) is 2.33. The van der Waals surface area contributed by atoms with Gasteiger partial charge < -0.3 is 10.4 Å². The minimum Gasteiger partial charge on any atom is -0.392 e. The second-order valence-corrected chi connectivity index (χ2v) is 4.76. The van der Waals surface area contributed by atoms with Crippen LogP contribution in [0.15, 0.2) is 24.3 Å². The van der Waals surface area contributed by atoms with Crippen LogP contribution in [0.1, 0.15) is 31.2 Å². The second-order valence-electron chi connectivity index (χ2n) is 4.76. The Morgan fingerprint density at radius 3 is 2.56 bits per heavy atom. The van der Waals surface area contributed by atoms with E-state index in [1.54, 1.807) is 12.1 Å². The molecule has 1 aliphatic carbocycles. The first-order chi connectivity index (χ1) is 8.66. The fourth-order valence-electron chi connectivity index (χ4n) is 2.33. The molecule has 18 heavy (non-hydrogen) atoms. The van der Waals surface area contributed by atoms with Gasteiger partial charge in [-0.3, -0.25) is 10.1 Å². The van der Waals surface area contributed by atoms with Crippen LogP contribution in [0, 0.1) is 10.1 Å². The summed E-state index contributed by atoms with van der Waals surface area (Å²) in [5.74, 6) is 0. The van der Waals surface area contributed by atoms with Gasteiger partial charge in [0.05, 0.1) is 11.0 Å². The monoisotopic (exact) mass is 250 g/mol. The molecule has 0 saturated heterocycles. The SMILES string of the molecule is O=[N+]([O-])c1ccc(CNC2CCCCC2O)cc1. The summed E-state index contributed by atoms with van der Waals surface area (Å²) in [5, 5.41) is 23.6. The lowest BCUT2D eigenvalue weighted by Crippen LogP contribution is -2.41. The van der Waals surface area contributed by atoms with Crippen LogP contribution in [0.25, 0.3) is 0 Å². The Kier molecular flexibility index (Phi) is 4.28. The molecule has 0 bridgehead atoms. The molecule has 2 N–H and O–H groups in total. The van der Waals surface area contributed by atoms with Gasteiger partial charge >= 0.3 is 0 Å². The Labute approximate surface area is 106 Å². The van der Waals surface area contributed by atoms with Gasteiger partial charge in [-0.15, -0.1) is 0 Å². The van der Waals surface area contributed by atoms with E-state index in [4.69, 9.17) is 0 Å². The number of aliphatic hydroxyl groups is 1. The summed E-state index contributed by atoms with van der Waals surface area (Å²) >= 11 is 0. The Hall–Kier alpha value is -1.46. The smallest absolute Gasteiger partial charge is 0.269 e. The van der Waals surface area contributed by atoms with Crippen molar-refractivity contribution in [3.8, 4) is 0 Å². The van der Waals surface area contributed by atoms with Crippen LogP contribution in [0.4, 0.5) is 5.69 Å². The van der Waals surface area contributed by atoms with E-state index in [-0.39, 0.29) is 17.8 Å². The molecule has 0 radical (unpaired) electrons. The lowest BCUT2D eigenvalue weighted by atomic mass is 9.92. The Balaban J connectivity index is 1.87. The van der Waals surface area contributed by atoms with Gasteiger partial charge in [-0.05, 0) is 18.4 Å². The Morgan fingerprint density at radius 2 is 1.94 bits per heavy atom. The lowest BCUT2D eigenvalue weighted by molar-refractivity contribution is -0.384. The zero-order valence-corrected chi connectivity index (χ0v) is 10.2. The Bertz CT molecular complexity index is 405. The van der Waals surface area contributed by atoms with E-state index in [2.05, 4.69) is 5.32 Å². The van der Waals surface area contributed by atoms with Gasteiger partial charge in [0.25, 0.3) is 5.69 Å². The molecule has 0 heterocycles. The van der Waals surface area contributed by atoms with Crippen molar-refractivity contribution < 1.29 is 10.0 Å². The van der Waals surface area contributed by atoms with Crippen LogP contribution in [0.5, 0.6) is 0 Å². The molecular weight excluding hydrogens is 232 g/mol. The predicted molar refractivity (Wildman–Crippen MR) is 68.2 cm³/mol. The maximum Gasteiger partial charge on any atom is 0.269 e. The zero-order valence-electron chi connectivity index (χ0n) is 10.2. The van der Waals surface area contributed by atoms with Crippen LogP contribution in [-0.2, 0) is 6.54 Å². The van der Waals surface area contributed by atoms with E-state index in [0.29, 0.717) is 6.54 Å². The van der Waals surface area contributed by atoms with Crippen LogP contribution in [0.2, 0.25) is 0 Å². The maximum absolute atomic E-state index is 10.5. The highest BCUT2D eigenvalue weighted by molar-refractivity contribution is 5.32. The number of hydrogen-bond acceptors (Lipinski definition) is 4.